The number of hydrogen-bond acceptors (Lipinski definition) is 7. The molecular weight excluding hydrogens is 444 g/mol. The Bertz CT molecular complexity index is 967. The van der Waals surface area contributed by atoms with Crippen LogP contribution in [0.15, 0.2) is 23.3 Å². The number of nitrogens with zero attached hydrogens (tertiary/aromatic N) is 4. The molecule has 2 aliphatic heterocycles. The molecule has 0 aliphatic carbocycles. The molecule has 3 atom stereocenters. The summed E-state index contributed by atoms with van der Waals surface area (Å²) in [5.74, 6) is -2.21. The van der Waals surface area contributed by atoms with Gasteiger partial charge in [0.25, 0.3) is 5.91 Å². The number of benzene rings is 1. The lowest BCUT2D eigenvalue weighted by molar-refractivity contribution is -0.135. The first kappa shape index (κ1) is 24.7. The summed E-state index contributed by atoms with van der Waals surface area (Å²) in [6.07, 6.45) is 0.677. The van der Waals surface area contributed by atoms with Crippen molar-refractivity contribution in [3.63, 3.8) is 0 Å². The molecule has 2 fully saturated rings. The number of aromatic hydroxyl groups is 1. The molecule has 0 spiro atoms. The zero-order chi connectivity index (χ0) is 22.5. The monoisotopic (exact) mass is 466 g/mol. The molecule has 14 heteroatoms. The van der Waals surface area contributed by atoms with Crippen LogP contribution in [0.3, 0.4) is 0 Å². The van der Waals surface area contributed by atoms with E-state index in [0.717, 1.165) is 0 Å². The van der Waals surface area contributed by atoms with Gasteiger partial charge in [0.05, 0.1) is 18.2 Å². The topological polar surface area (TPSA) is 203 Å². The molecule has 0 unspecified atom stereocenters. The van der Waals surface area contributed by atoms with E-state index in [1.54, 1.807) is 0 Å². The predicted octanol–water partition coefficient (Wildman–Crippen LogP) is -0.581. The zero-order valence-corrected chi connectivity index (χ0v) is 17.7. The maximum absolute atomic E-state index is 12.5. The van der Waals surface area contributed by atoms with Gasteiger partial charge in [-0.3, -0.25) is 19.2 Å². The minimum absolute atomic E-state index is 0. The summed E-state index contributed by atoms with van der Waals surface area (Å²) in [6.45, 7) is 0.483. The van der Waals surface area contributed by atoms with Crippen molar-refractivity contribution in [1.29, 1.82) is 0 Å². The van der Waals surface area contributed by atoms with Crippen LogP contribution in [0.4, 0.5) is 5.69 Å². The van der Waals surface area contributed by atoms with Crippen LogP contribution in [0.25, 0.3) is 10.4 Å². The van der Waals surface area contributed by atoms with E-state index in [2.05, 4.69) is 26.0 Å². The lowest BCUT2D eigenvalue weighted by Gasteiger charge is -2.17. The Morgan fingerprint density at radius 1 is 1.34 bits per heavy atom. The first-order chi connectivity index (χ1) is 14.8. The maximum atomic E-state index is 12.5. The molecule has 1 aromatic rings. The van der Waals surface area contributed by atoms with Gasteiger partial charge in [-0.25, -0.2) is 0 Å². The summed E-state index contributed by atoms with van der Waals surface area (Å²) in [6, 6.07) is 2.23. The molecule has 6 N–H and O–H groups in total. The zero-order valence-electron chi connectivity index (χ0n) is 16.9. The minimum Gasteiger partial charge on any atom is -0.507 e. The average Bonchev–Trinajstić information content (AvgIpc) is 3.30. The standard InChI is InChI=1S/C18H22N8O5.ClH/c19-15(28)8-26-4-3-12(18(26)31)23-17(30)13-5-10(7-21-13)22-16(29)11-2-1-9(24-25-20)6-14(11)27;/h1-2,6,10,12-13,21,27H,3-5,7-8H2,(H2,19,28)(H,22,29)(H,23,30);1H/t10-,12-,13+;/m1./s1. The van der Waals surface area contributed by atoms with E-state index in [1.165, 1.54) is 23.1 Å². The van der Waals surface area contributed by atoms with Crippen molar-refractivity contribution in [2.45, 2.75) is 31.0 Å². The minimum atomic E-state index is -0.714. The third-order valence-electron chi connectivity index (χ3n) is 5.13. The van der Waals surface area contributed by atoms with Gasteiger partial charge < -0.3 is 31.7 Å². The Balaban J connectivity index is 0.00000363. The molecule has 0 aromatic heterocycles. The lowest BCUT2D eigenvalue weighted by Crippen LogP contribution is -2.48. The van der Waals surface area contributed by atoms with Gasteiger partial charge in [0.15, 0.2) is 0 Å². The summed E-state index contributed by atoms with van der Waals surface area (Å²) in [5, 5.41) is 21.7. The summed E-state index contributed by atoms with van der Waals surface area (Å²) >= 11 is 0. The van der Waals surface area contributed by atoms with Crippen LogP contribution in [-0.4, -0.2) is 71.4 Å². The highest BCUT2D eigenvalue weighted by molar-refractivity contribution is 5.97. The number of carbonyl (C=O) groups excluding carboxylic acids is 4. The smallest absolute Gasteiger partial charge is 0.255 e. The van der Waals surface area contributed by atoms with Gasteiger partial charge in [0, 0.05) is 29.7 Å². The normalized spacial score (nSPS) is 21.9. The Morgan fingerprint density at radius 2 is 2.09 bits per heavy atom. The quantitative estimate of drug-likeness (QED) is 0.202. The van der Waals surface area contributed by atoms with Gasteiger partial charge in [-0.05, 0) is 30.5 Å². The van der Waals surface area contributed by atoms with Gasteiger partial charge in [0.1, 0.15) is 11.8 Å². The van der Waals surface area contributed by atoms with Crippen molar-refractivity contribution in [1.82, 2.24) is 20.9 Å². The number of phenols is 1. The molecule has 2 saturated heterocycles. The van der Waals surface area contributed by atoms with Gasteiger partial charge in [-0.1, -0.05) is 11.2 Å². The molecule has 1 aromatic carbocycles. The SMILES string of the molecule is Cl.[N-]=[N+]=Nc1ccc(C(=O)N[C@H]2CN[C@H](C(=O)N[C@@H]3CCN(CC(N)=O)C3=O)C2)c(O)c1. The van der Waals surface area contributed by atoms with Gasteiger partial charge >= 0.3 is 0 Å². The van der Waals surface area contributed by atoms with Crippen LogP contribution in [0.2, 0.25) is 0 Å². The Kier molecular flexibility index (Phi) is 8.24. The van der Waals surface area contributed by atoms with E-state index in [4.69, 9.17) is 11.3 Å². The third-order valence-corrected chi connectivity index (χ3v) is 5.13. The number of phenolic OH excluding ortho intramolecular Hbond substituents is 1. The van der Waals surface area contributed by atoms with Crippen molar-refractivity contribution in [2.24, 2.45) is 10.8 Å². The summed E-state index contributed by atoms with van der Waals surface area (Å²) in [4.78, 5) is 52.1. The summed E-state index contributed by atoms with van der Waals surface area (Å²) in [7, 11) is 0. The van der Waals surface area contributed by atoms with Crippen LogP contribution in [0.1, 0.15) is 23.2 Å². The van der Waals surface area contributed by atoms with Gasteiger partial charge in [0.2, 0.25) is 17.7 Å². The molecule has 0 bridgehead atoms. The fourth-order valence-corrected chi connectivity index (χ4v) is 3.62. The second-order valence-corrected chi connectivity index (χ2v) is 7.33. The highest BCUT2D eigenvalue weighted by Gasteiger charge is 2.37. The van der Waals surface area contributed by atoms with E-state index in [-0.39, 0.29) is 53.8 Å². The second kappa shape index (κ2) is 10.7. The number of amides is 4. The van der Waals surface area contributed by atoms with Crippen molar-refractivity contribution in [2.75, 3.05) is 19.6 Å². The van der Waals surface area contributed by atoms with Crippen LogP contribution < -0.4 is 21.7 Å². The number of hydrogen-bond donors (Lipinski definition) is 5. The van der Waals surface area contributed by atoms with Crippen LogP contribution in [-0.2, 0) is 14.4 Å². The third kappa shape index (κ3) is 5.78. The first-order valence-electron chi connectivity index (χ1n) is 9.58. The molecule has 2 aliphatic rings. The van der Waals surface area contributed by atoms with Gasteiger partial charge in [-0.2, -0.15) is 0 Å². The Morgan fingerprint density at radius 3 is 2.75 bits per heavy atom. The Labute approximate surface area is 188 Å². The Hall–Kier alpha value is -3.54. The van der Waals surface area contributed by atoms with Crippen LogP contribution >= 0.6 is 12.4 Å². The second-order valence-electron chi connectivity index (χ2n) is 7.33. The van der Waals surface area contributed by atoms with Crippen molar-refractivity contribution < 1.29 is 24.3 Å². The predicted molar refractivity (Wildman–Crippen MR) is 114 cm³/mol. The number of likely N-dealkylation sites (tertiary alicyclic amines) is 1. The summed E-state index contributed by atoms with van der Waals surface area (Å²) < 4.78 is 0. The van der Waals surface area contributed by atoms with Crippen LogP contribution in [0.5, 0.6) is 5.75 Å². The van der Waals surface area contributed by atoms with E-state index in [9.17, 15) is 24.3 Å². The number of azide groups is 1. The molecule has 13 nitrogen and oxygen atoms in total. The van der Waals surface area contributed by atoms with Crippen LogP contribution in [0, 0.1) is 0 Å². The fourth-order valence-electron chi connectivity index (χ4n) is 3.62. The number of nitrogens with two attached hydrogens (primary N) is 1. The van der Waals surface area contributed by atoms with E-state index in [0.29, 0.717) is 25.9 Å². The van der Waals surface area contributed by atoms with E-state index < -0.39 is 23.9 Å². The van der Waals surface area contributed by atoms with Crippen molar-refractivity contribution in [3.8, 4) is 5.75 Å². The molecule has 0 radical (unpaired) electrons. The molecule has 172 valence electrons. The molecule has 32 heavy (non-hydrogen) atoms. The highest BCUT2D eigenvalue weighted by Crippen LogP contribution is 2.24. The largest absolute Gasteiger partial charge is 0.507 e. The molecule has 4 amide bonds. The molecule has 0 saturated carbocycles. The lowest BCUT2D eigenvalue weighted by atomic mass is 10.1. The average molecular weight is 467 g/mol. The fraction of sp³-hybridized carbons (Fsp3) is 0.444. The maximum Gasteiger partial charge on any atom is 0.255 e. The first-order valence-corrected chi connectivity index (χ1v) is 9.58. The molecule has 3 rings (SSSR count). The molecule has 2 heterocycles. The number of halogens is 1. The number of nitrogens with one attached hydrogen (secondary N) is 3. The molecular formula is C18H23ClN8O5. The van der Waals surface area contributed by atoms with Crippen molar-refractivity contribution in [3.05, 3.63) is 34.2 Å². The van der Waals surface area contributed by atoms with Crippen molar-refractivity contribution >= 4 is 41.7 Å². The summed E-state index contributed by atoms with van der Waals surface area (Å²) in [5.41, 5.74) is 13.7. The highest BCUT2D eigenvalue weighted by atomic mass is 35.5. The van der Waals surface area contributed by atoms with E-state index >= 15 is 0 Å². The number of primary amides is 1. The van der Waals surface area contributed by atoms with E-state index in [1.807, 2.05) is 0 Å². The number of carbonyl (C=O) groups is 4. The number of rotatable bonds is 7. The van der Waals surface area contributed by atoms with Gasteiger partial charge in [-0.15, -0.1) is 12.4 Å².